The van der Waals surface area contributed by atoms with Gasteiger partial charge >= 0.3 is 6.01 Å². The molecule has 128 valence electrons. The van der Waals surface area contributed by atoms with Crippen molar-refractivity contribution in [1.29, 1.82) is 0 Å². The molecule has 7 heteroatoms. The predicted molar refractivity (Wildman–Crippen MR) is 96.7 cm³/mol. The molecule has 0 aliphatic heterocycles. The van der Waals surface area contributed by atoms with Crippen LogP contribution in [0.1, 0.15) is 32.6 Å². The van der Waals surface area contributed by atoms with E-state index in [0.29, 0.717) is 18.7 Å². The predicted octanol–water partition coefficient (Wildman–Crippen LogP) is 3.66. The molecule has 7 nitrogen and oxygen atoms in total. The molecule has 0 radical (unpaired) electrons. The number of imidazole rings is 1. The molecule has 0 spiro atoms. The fraction of sp³-hybridized carbons (Fsp3) is 0.333. The van der Waals surface area contributed by atoms with Crippen LogP contribution in [0.2, 0.25) is 0 Å². The molecule has 0 amide bonds. The van der Waals surface area contributed by atoms with Gasteiger partial charge in [0.25, 0.3) is 0 Å². The number of aryl methyl sites for hydroxylation is 1. The van der Waals surface area contributed by atoms with Crippen molar-refractivity contribution in [2.45, 2.75) is 33.7 Å². The summed E-state index contributed by atoms with van der Waals surface area (Å²) in [6.45, 7) is 8.73. The fourth-order valence-corrected chi connectivity index (χ4v) is 3.16. The maximum Gasteiger partial charge on any atom is 0.318 e. The molecule has 0 aliphatic carbocycles. The van der Waals surface area contributed by atoms with Gasteiger partial charge in [0.05, 0.1) is 12.3 Å². The number of nitrogens with zero attached hydrogens (tertiary/aromatic N) is 5. The molecule has 0 aromatic carbocycles. The van der Waals surface area contributed by atoms with Crippen LogP contribution in [0.15, 0.2) is 24.5 Å². The Morgan fingerprint density at radius 3 is 2.80 bits per heavy atom. The first-order valence-corrected chi connectivity index (χ1v) is 8.41. The zero-order chi connectivity index (χ0) is 17.6. The highest BCUT2D eigenvalue weighted by molar-refractivity contribution is 5.93. The van der Waals surface area contributed by atoms with Crippen LogP contribution in [0.5, 0.6) is 6.01 Å². The summed E-state index contributed by atoms with van der Waals surface area (Å²) in [4.78, 5) is 21.3. The Morgan fingerprint density at radius 2 is 2.04 bits per heavy atom. The average Bonchev–Trinajstić information content (AvgIpc) is 3.13. The van der Waals surface area contributed by atoms with Gasteiger partial charge in [-0.15, -0.1) is 0 Å². The summed E-state index contributed by atoms with van der Waals surface area (Å²) in [5, 5.41) is 0.919. The minimum absolute atomic E-state index is 0.299. The second kappa shape index (κ2) is 5.84. The van der Waals surface area contributed by atoms with E-state index in [2.05, 4.69) is 38.4 Å². The van der Waals surface area contributed by atoms with Gasteiger partial charge in [-0.2, -0.15) is 4.98 Å². The highest BCUT2D eigenvalue weighted by atomic mass is 16.5. The van der Waals surface area contributed by atoms with Gasteiger partial charge in [-0.3, -0.25) is 0 Å². The number of fused-ring (bicyclic) bond motifs is 2. The zero-order valence-corrected chi connectivity index (χ0v) is 14.7. The lowest BCUT2D eigenvalue weighted by atomic mass is 10.1. The Labute approximate surface area is 145 Å². The van der Waals surface area contributed by atoms with Crippen LogP contribution in [0.4, 0.5) is 0 Å². The van der Waals surface area contributed by atoms with Gasteiger partial charge in [0, 0.05) is 29.4 Å². The number of pyridine rings is 1. The van der Waals surface area contributed by atoms with Crippen molar-refractivity contribution in [3.63, 3.8) is 0 Å². The van der Waals surface area contributed by atoms with Crippen molar-refractivity contribution in [2.24, 2.45) is 0 Å². The van der Waals surface area contributed by atoms with Crippen molar-refractivity contribution in [3.05, 3.63) is 30.4 Å². The quantitative estimate of drug-likeness (QED) is 0.615. The Bertz CT molecular complexity index is 1060. The molecule has 0 saturated heterocycles. The molecule has 0 aliphatic rings. The van der Waals surface area contributed by atoms with Crippen molar-refractivity contribution in [2.75, 3.05) is 6.61 Å². The van der Waals surface area contributed by atoms with E-state index in [9.17, 15) is 0 Å². The first-order valence-electron chi connectivity index (χ1n) is 8.41. The highest BCUT2D eigenvalue weighted by Crippen LogP contribution is 2.29. The topological polar surface area (TPSA) is 81.5 Å². The summed E-state index contributed by atoms with van der Waals surface area (Å²) < 4.78 is 7.51. The summed E-state index contributed by atoms with van der Waals surface area (Å²) in [7, 11) is 0. The molecule has 4 rings (SSSR count). The van der Waals surface area contributed by atoms with Crippen LogP contribution in [0, 0.1) is 6.92 Å². The minimum Gasteiger partial charge on any atom is -0.464 e. The van der Waals surface area contributed by atoms with Crippen molar-refractivity contribution in [3.8, 4) is 17.3 Å². The Morgan fingerprint density at radius 1 is 1.20 bits per heavy atom. The summed E-state index contributed by atoms with van der Waals surface area (Å²) in [6, 6.07) is 4.67. The molecular formula is C18H20N6O. The van der Waals surface area contributed by atoms with E-state index in [1.165, 1.54) is 0 Å². The van der Waals surface area contributed by atoms with Gasteiger partial charge in [-0.05, 0) is 39.8 Å². The van der Waals surface area contributed by atoms with Gasteiger partial charge in [0.1, 0.15) is 17.0 Å². The van der Waals surface area contributed by atoms with E-state index in [1.807, 2.05) is 32.2 Å². The third kappa shape index (κ3) is 2.52. The zero-order valence-electron chi connectivity index (χ0n) is 14.7. The monoisotopic (exact) mass is 336 g/mol. The second-order valence-electron chi connectivity index (χ2n) is 6.21. The number of hydrogen-bond acceptors (Lipinski definition) is 5. The first kappa shape index (κ1) is 15.6. The number of hydrogen-bond donors (Lipinski definition) is 1. The lowest BCUT2D eigenvalue weighted by Gasteiger charge is -2.10. The number of nitrogens with one attached hydrogen (secondary N) is 1. The Hall–Kier alpha value is -2.96. The van der Waals surface area contributed by atoms with Crippen molar-refractivity contribution < 1.29 is 4.74 Å². The molecule has 0 saturated carbocycles. The molecule has 4 aromatic heterocycles. The smallest absolute Gasteiger partial charge is 0.318 e. The van der Waals surface area contributed by atoms with Crippen LogP contribution in [-0.2, 0) is 0 Å². The third-order valence-electron chi connectivity index (χ3n) is 4.19. The van der Waals surface area contributed by atoms with Crippen LogP contribution in [0.25, 0.3) is 33.5 Å². The molecule has 0 atom stereocenters. The molecule has 4 heterocycles. The van der Waals surface area contributed by atoms with Gasteiger partial charge in [-0.25, -0.2) is 15.0 Å². The van der Waals surface area contributed by atoms with E-state index in [0.717, 1.165) is 39.3 Å². The average molecular weight is 336 g/mol. The van der Waals surface area contributed by atoms with Crippen molar-refractivity contribution >= 4 is 22.2 Å². The van der Waals surface area contributed by atoms with Gasteiger partial charge in [0.15, 0.2) is 5.65 Å². The van der Waals surface area contributed by atoms with E-state index in [1.54, 1.807) is 6.20 Å². The van der Waals surface area contributed by atoms with E-state index >= 15 is 0 Å². The number of ether oxygens (including phenoxy) is 1. The van der Waals surface area contributed by atoms with Crippen LogP contribution < -0.4 is 4.74 Å². The molecule has 0 unspecified atom stereocenters. The van der Waals surface area contributed by atoms with Gasteiger partial charge in [-0.1, -0.05) is 0 Å². The van der Waals surface area contributed by atoms with Crippen molar-refractivity contribution in [1.82, 2.24) is 29.5 Å². The van der Waals surface area contributed by atoms with Crippen LogP contribution >= 0.6 is 0 Å². The molecule has 25 heavy (non-hydrogen) atoms. The van der Waals surface area contributed by atoms with Gasteiger partial charge in [0.2, 0.25) is 0 Å². The minimum atomic E-state index is 0.299. The summed E-state index contributed by atoms with van der Waals surface area (Å²) in [5.41, 5.74) is 4.38. The summed E-state index contributed by atoms with van der Waals surface area (Å²) in [5.74, 6) is 0.971. The molecule has 1 N–H and O–H groups in total. The van der Waals surface area contributed by atoms with E-state index < -0.39 is 0 Å². The molecule has 0 bridgehead atoms. The summed E-state index contributed by atoms with van der Waals surface area (Å²) >= 11 is 0. The maximum absolute atomic E-state index is 5.36. The van der Waals surface area contributed by atoms with E-state index in [4.69, 9.17) is 9.72 Å². The number of H-pyrrole nitrogens is 1. The standard InChI is InChI=1S/C18H20N6O/c1-5-25-18-20-9-13-12(8-19-16(13)23-18)14-6-7-15-17(22-14)24(10(2)3)11(4)21-15/h6-10H,5H2,1-4H3,(H,19,20,23). The number of aromatic amines is 1. The molecule has 0 fully saturated rings. The first-order chi connectivity index (χ1) is 12.1. The van der Waals surface area contributed by atoms with Gasteiger partial charge < -0.3 is 14.3 Å². The number of aromatic nitrogens is 6. The Balaban J connectivity index is 1.87. The molecular weight excluding hydrogens is 316 g/mol. The fourth-order valence-electron chi connectivity index (χ4n) is 3.16. The maximum atomic E-state index is 5.36. The molecule has 4 aromatic rings. The normalized spacial score (nSPS) is 11.7. The van der Waals surface area contributed by atoms with Crippen LogP contribution in [-0.4, -0.2) is 36.1 Å². The lowest BCUT2D eigenvalue weighted by molar-refractivity contribution is 0.314. The highest BCUT2D eigenvalue weighted by Gasteiger charge is 2.15. The Kier molecular flexibility index (Phi) is 3.63. The second-order valence-corrected chi connectivity index (χ2v) is 6.21. The van der Waals surface area contributed by atoms with Crippen LogP contribution in [0.3, 0.4) is 0 Å². The largest absolute Gasteiger partial charge is 0.464 e. The van der Waals surface area contributed by atoms with E-state index in [-0.39, 0.29) is 0 Å². The summed E-state index contributed by atoms with van der Waals surface area (Å²) in [6.07, 6.45) is 3.68. The SMILES string of the molecule is CCOc1ncc2c(-c3ccc4nc(C)n(C(C)C)c4n3)c[nH]c2n1. The number of rotatable bonds is 4. The lowest BCUT2D eigenvalue weighted by Crippen LogP contribution is -2.04. The third-order valence-corrected chi connectivity index (χ3v) is 4.19.